The van der Waals surface area contributed by atoms with Gasteiger partial charge in [0.25, 0.3) is 11.8 Å². The summed E-state index contributed by atoms with van der Waals surface area (Å²) in [6.07, 6.45) is 1.11. The Morgan fingerprint density at radius 1 is 1.17 bits per heavy atom. The first-order chi connectivity index (χ1) is 16.8. The highest BCUT2D eigenvalue weighted by molar-refractivity contribution is 6.30. The molecular weight excluding hydrogens is 477 g/mol. The van der Waals surface area contributed by atoms with E-state index in [1.807, 2.05) is 24.3 Å². The van der Waals surface area contributed by atoms with Gasteiger partial charge in [-0.25, -0.2) is 4.39 Å². The average Bonchev–Trinajstić information content (AvgIpc) is 2.85. The smallest absolute Gasteiger partial charge is 0.263 e. The lowest BCUT2D eigenvalue weighted by molar-refractivity contribution is -0.139. The zero-order valence-electron chi connectivity index (χ0n) is 19.0. The molecule has 2 aromatic carbocycles. The minimum Gasteiger partial charge on any atom is -0.484 e. The molecule has 6 rings (SSSR count). The number of fused-ring (bicyclic) bond motifs is 4. The van der Waals surface area contributed by atoms with Crippen molar-refractivity contribution < 1.29 is 28.6 Å². The van der Waals surface area contributed by atoms with E-state index in [1.165, 1.54) is 12.1 Å². The van der Waals surface area contributed by atoms with Gasteiger partial charge in [0.15, 0.2) is 12.7 Å². The van der Waals surface area contributed by atoms with Gasteiger partial charge in [0.1, 0.15) is 17.3 Å². The number of anilines is 1. The van der Waals surface area contributed by atoms with Gasteiger partial charge in [-0.3, -0.25) is 9.59 Å². The van der Waals surface area contributed by atoms with Crippen LogP contribution in [0.15, 0.2) is 42.5 Å². The monoisotopic (exact) mass is 503 g/mol. The number of benzene rings is 2. The number of aliphatic hydroxyl groups excluding tert-OH is 1. The Labute approximate surface area is 207 Å². The van der Waals surface area contributed by atoms with Gasteiger partial charge in [-0.15, -0.1) is 0 Å². The van der Waals surface area contributed by atoms with E-state index in [2.05, 4.69) is 16.0 Å². The number of nitrogens with one attached hydrogen (secondary N) is 3. The van der Waals surface area contributed by atoms with Gasteiger partial charge in [-0.2, -0.15) is 0 Å². The van der Waals surface area contributed by atoms with Crippen molar-refractivity contribution in [1.29, 1.82) is 0 Å². The van der Waals surface area contributed by atoms with E-state index in [1.54, 1.807) is 0 Å². The molecule has 35 heavy (non-hydrogen) atoms. The minimum atomic E-state index is -0.826. The molecule has 3 saturated carbocycles. The molecule has 0 saturated heterocycles. The third kappa shape index (κ3) is 4.75. The van der Waals surface area contributed by atoms with E-state index in [-0.39, 0.29) is 23.3 Å². The second-order valence-electron chi connectivity index (χ2n) is 9.54. The zero-order chi connectivity index (χ0) is 24.6. The molecule has 4 N–H and O–H groups in total. The Balaban J connectivity index is 1.16. The van der Waals surface area contributed by atoms with Crippen LogP contribution < -0.4 is 25.4 Å². The normalized spacial score (nSPS) is 28.8. The van der Waals surface area contributed by atoms with Gasteiger partial charge >= 0.3 is 0 Å². The molecule has 3 aliphatic carbocycles. The first kappa shape index (κ1) is 23.7. The number of ether oxygens (including phenoxy) is 2. The lowest BCUT2D eigenvalue weighted by Crippen LogP contribution is -2.71. The minimum absolute atomic E-state index is 0.0278. The zero-order valence-corrected chi connectivity index (χ0v) is 19.7. The van der Waals surface area contributed by atoms with Crippen LogP contribution in [0.25, 0.3) is 0 Å². The second kappa shape index (κ2) is 9.20. The molecule has 2 aromatic rings. The van der Waals surface area contributed by atoms with E-state index in [0.29, 0.717) is 44.4 Å². The molecular formula is C25H27ClFN3O5. The van der Waals surface area contributed by atoms with Crippen molar-refractivity contribution in [3.05, 3.63) is 53.3 Å². The SMILES string of the molecule is O=C(COc1ccc(Cl)c(F)c1)NC12CCC(NC(=O)C3CNc4ccccc4O3)(CC1)CC2O. The Morgan fingerprint density at radius 2 is 1.94 bits per heavy atom. The van der Waals surface area contributed by atoms with E-state index in [4.69, 9.17) is 21.1 Å². The highest BCUT2D eigenvalue weighted by atomic mass is 35.5. The molecule has 8 nitrogen and oxygen atoms in total. The van der Waals surface area contributed by atoms with Gasteiger partial charge in [-0.1, -0.05) is 23.7 Å². The number of carbonyl (C=O) groups is 2. The number of halogens is 2. The van der Waals surface area contributed by atoms with Crippen LogP contribution in [-0.4, -0.2) is 53.4 Å². The Hall–Kier alpha value is -3.04. The van der Waals surface area contributed by atoms with Crippen molar-refractivity contribution >= 4 is 29.1 Å². The maximum Gasteiger partial charge on any atom is 0.263 e. The highest BCUT2D eigenvalue weighted by Gasteiger charge is 2.55. The maximum atomic E-state index is 13.6. The fourth-order valence-corrected chi connectivity index (χ4v) is 5.41. The molecule has 2 unspecified atom stereocenters. The third-order valence-electron chi connectivity index (χ3n) is 7.29. The molecule has 2 amide bonds. The maximum absolute atomic E-state index is 13.6. The van der Waals surface area contributed by atoms with Crippen molar-refractivity contribution in [2.45, 2.75) is 55.4 Å². The summed E-state index contributed by atoms with van der Waals surface area (Å²) in [6, 6.07) is 11.4. The van der Waals surface area contributed by atoms with Crippen LogP contribution >= 0.6 is 11.6 Å². The van der Waals surface area contributed by atoms with Crippen LogP contribution in [-0.2, 0) is 9.59 Å². The first-order valence-electron chi connectivity index (χ1n) is 11.7. The summed E-state index contributed by atoms with van der Waals surface area (Å²) < 4.78 is 24.8. The summed E-state index contributed by atoms with van der Waals surface area (Å²) >= 11 is 5.66. The summed E-state index contributed by atoms with van der Waals surface area (Å²) in [7, 11) is 0. The van der Waals surface area contributed by atoms with Crippen LogP contribution in [0.4, 0.5) is 10.1 Å². The quantitative estimate of drug-likeness (QED) is 0.483. The molecule has 4 aliphatic rings. The van der Waals surface area contributed by atoms with Crippen molar-refractivity contribution in [3.63, 3.8) is 0 Å². The third-order valence-corrected chi connectivity index (χ3v) is 7.59. The lowest BCUT2D eigenvalue weighted by atomic mass is 9.60. The molecule has 3 fully saturated rings. The molecule has 2 atom stereocenters. The standard InChI is InChI=1S/C25H27ClFN3O5/c26-16-6-5-15(11-17(16)27)34-14-22(32)29-25-9-7-24(8-10-25,12-21(25)31)30-23(33)20-13-28-18-3-1-2-4-19(18)35-20/h1-6,11,20-21,28,31H,7-10,12-14H2,(H,29,32)(H,30,33). The van der Waals surface area contributed by atoms with Crippen molar-refractivity contribution in [3.8, 4) is 11.5 Å². The predicted molar refractivity (Wildman–Crippen MR) is 127 cm³/mol. The van der Waals surface area contributed by atoms with Crippen LogP contribution in [0.5, 0.6) is 11.5 Å². The van der Waals surface area contributed by atoms with E-state index in [0.717, 1.165) is 11.8 Å². The topological polar surface area (TPSA) is 109 Å². The summed E-state index contributed by atoms with van der Waals surface area (Å²) in [5.74, 6) is -0.431. The van der Waals surface area contributed by atoms with Gasteiger partial charge in [0.2, 0.25) is 0 Å². The summed E-state index contributed by atoms with van der Waals surface area (Å²) in [4.78, 5) is 25.6. The number of aliphatic hydroxyl groups is 1. The van der Waals surface area contributed by atoms with Crippen LogP contribution in [0.3, 0.4) is 0 Å². The van der Waals surface area contributed by atoms with Gasteiger partial charge in [-0.05, 0) is 56.4 Å². The molecule has 10 heteroatoms. The highest BCUT2D eigenvalue weighted by Crippen LogP contribution is 2.47. The second-order valence-corrected chi connectivity index (χ2v) is 9.95. The number of para-hydroxylation sites is 2. The van der Waals surface area contributed by atoms with E-state index in [9.17, 15) is 19.1 Å². The van der Waals surface area contributed by atoms with Crippen LogP contribution in [0.1, 0.15) is 32.1 Å². The lowest BCUT2D eigenvalue weighted by Gasteiger charge is -2.56. The number of hydrogen-bond donors (Lipinski definition) is 4. The number of carbonyl (C=O) groups excluding carboxylic acids is 2. The Kier molecular flexibility index (Phi) is 6.23. The summed E-state index contributed by atoms with van der Waals surface area (Å²) in [6.45, 7) is 0.0455. The fourth-order valence-electron chi connectivity index (χ4n) is 5.29. The first-order valence-corrected chi connectivity index (χ1v) is 12.0. The van der Waals surface area contributed by atoms with Gasteiger partial charge in [0, 0.05) is 11.6 Å². The molecule has 0 aromatic heterocycles. The van der Waals surface area contributed by atoms with Gasteiger partial charge in [0.05, 0.1) is 28.9 Å². The molecule has 0 radical (unpaired) electrons. The fraction of sp³-hybridized carbons (Fsp3) is 0.440. The molecule has 1 heterocycles. The van der Waals surface area contributed by atoms with Crippen LogP contribution in [0, 0.1) is 5.82 Å². The predicted octanol–water partition coefficient (Wildman–Crippen LogP) is 2.78. The molecule has 0 spiro atoms. The van der Waals surface area contributed by atoms with Crippen LogP contribution in [0.2, 0.25) is 5.02 Å². The molecule has 2 bridgehead atoms. The molecule has 186 valence electrons. The largest absolute Gasteiger partial charge is 0.484 e. The van der Waals surface area contributed by atoms with Crippen molar-refractivity contribution in [2.24, 2.45) is 0 Å². The Morgan fingerprint density at radius 3 is 2.69 bits per heavy atom. The number of rotatable bonds is 6. The average molecular weight is 504 g/mol. The number of amides is 2. The van der Waals surface area contributed by atoms with Crippen molar-refractivity contribution in [1.82, 2.24) is 10.6 Å². The van der Waals surface area contributed by atoms with E-state index >= 15 is 0 Å². The molecule has 1 aliphatic heterocycles. The van der Waals surface area contributed by atoms with Gasteiger partial charge < -0.3 is 30.5 Å². The summed E-state index contributed by atoms with van der Waals surface area (Å²) in [5, 5.41) is 20.2. The Bertz CT molecular complexity index is 1140. The van der Waals surface area contributed by atoms with Crippen molar-refractivity contribution in [2.75, 3.05) is 18.5 Å². The van der Waals surface area contributed by atoms with E-state index < -0.39 is 35.0 Å². The summed E-state index contributed by atoms with van der Waals surface area (Å²) in [5.41, 5.74) is -0.466. The number of hydrogen-bond acceptors (Lipinski definition) is 6.